The second-order valence-corrected chi connectivity index (χ2v) is 8.03. The van der Waals surface area contributed by atoms with E-state index in [9.17, 15) is 22.8 Å². The van der Waals surface area contributed by atoms with E-state index < -0.39 is 12.0 Å². The molecule has 12 heteroatoms. The number of aromatic nitrogens is 4. The Labute approximate surface area is 185 Å². The number of fused-ring (bicyclic) bond motifs is 2. The van der Waals surface area contributed by atoms with Gasteiger partial charge in [-0.3, -0.25) is 9.59 Å². The summed E-state index contributed by atoms with van der Waals surface area (Å²) in [5.74, 6) is -1.11. The highest BCUT2D eigenvalue weighted by Crippen LogP contribution is 2.30. The van der Waals surface area contributed by atoms with Crippen molar-refractivity contribution in [3.63, 3.8) is 0 Å². The third-order valence-electron chi connectivity index (χ3n) is 5.85. The lowest BCUT2D eigenvalue weighted by Crippen LogP contribution is -2.38. The number of amides is 1. The normalized spacial score (nSPS) is 17.1. The third kappa shape index (κ3) is 4.20. The van der Waals surface area contributed by atoms with Gasteiger partial charge in [-0.05, 0) is 55.2 Å². The predicted octanol–water partition coefficient (Wildman–Crippen LogP) is 2.85. The number of aryl methyl sites for hydroxylation is 1. The van der Waals surface area contributed by atoms with Crippen LogP contribution in [-0.4, -0.2) is 44.8 Å². The van der Waals surface area contributed by atoms with Gasteiger partial charge in [0, 0.05) is 25.2 Å². The van der Waals surface area contributed by atoms with E-state index in [1.54, 1.807) is 24.3 Å². The molecule has 1 aromatic carbocycles. The Morgan fingerprint density at radius 1 is 1.09 bits per heavy atom. The molecule has 3 aromatic rings. The fourth-order valence-electron chi connectivity index (χ4n) is 4.09. The molecule has 0 spiro atoms. The number of ether oxygens (including phenoxy) is 1. The number of halogens is 3. The summed E-state index contributed by atoms with van der Waals surface area (Å²) in [6.45, 7) is 0.885. The molecule has 9 nitrogen and oxygen atoms in total. The number of nitrogens with one attached hydrogen (secondary N) is 1. The average molecular weight is 460 g/mol. The van der Waals surface area contributed by atoms with Crippen molar-refractivity contribution < 1.29 is 27.5 Å². The van der Waals surface area contributed by atoms with Gasteiger partial charge in [0.1, 0.15) is 11.6 Å². The Bertz CT molecular complexity index is 1230. The Balaban J connectivity index is 1.23. The molecule has 1 amide bonds. The van der Waals surface area contributed by atoms with Crippen molar-refractivity contribution in [2.24, 2.45) is 5.92 Å². The van der Waals surface area contributed by atoms with Crippen LogP contribution in [0, 0.1) is 5.92 Å². The molecule has 0 atom stereocenters. The lowest BCUT2D eigenvalue weighted by molar-refractivity contribution is -0.146. The number of anilines is 2. The van der Waals surface area contributed by atoms with Crippen molar-refractivity contribution in [1.82, 2.24) is 19.8 Å². The second kappa shape index (κ2) is 8.01. The van der Waals surface area contributed by atoms with Crippen molar-refractivity contribution >= 4 is 29.0 Å². The van der Waals surface area contributed by atoms with Crippen LogP contribution in [0.2, 0.25) is 0 Å². The monoisotopic (exact) mass is 460 g/mol. The number of carbonyl (C=O) groups excluding carboxylic acids is 2. The number of piperidine rings is 1. The molecule has 2 aliphatic heterocycles. The topological polar surface area (TPSA) is 102 Å². The van der Waals surface area contributed by atoms with Crippen molar-refractivity contribution in [2.75, 3.05) is 23.3 Å². The summed E-state index contributed by atoms with van der Waals surface area (Å²) in [6.07, 6.45) is -2.72. The molecule has 5 rings (SSSR count). The molecule has 2 aliphatic rings. The third-order valence-corrected chi connectivity index (χ3v) is 5.85. The number of rotatable bonds is 3. The van der Waals surface area contributed by atoms with Gasteiger partial charge in [0.25, 0.3) is 5.82 Å². The van der Waals surface area contributed by atoms with E-state index in [4.69, 9.17) is 4.74 Å². The van der Waals surface area contributed by atoms with E-state index in [0.717, 1.165) is 11.3 Å². The molecule has 0 unspecified atom stereocenters. The lowest BCUT2D eigenvalue weighted by Gasteiger charge is -2.31. The van der Waals surface area contributed by atoms with Crippen LogP contribution < -0.4 is 15.0 Å². The van der Waals surface area contributed by atoms with Crippen molar-refractivity contribution in [3.05, 3.63) is 41.7 Å². The summed E-state index contributed by atoms with van der Waals surface area (Å²) in [4.78, 5) is 26.0. The number of hydrogen-bond acceptors (Lipinski definition) is 7. The standard InChI is InChI=1S/C21H19F3N6O3/c22-21(23,24)20-27-26-16-4-5-17(28-30(16)20)29-9-7-12(8-10-29)19(32)33-14-2-3-15-13(11-14)1-6-18(31)25-15/h2-5,11-12H,1,6-10H2,(H,25,31). The highest BCUT2D eigenvalue weighted by atomic mass is 19.4. The van der Waals surface area contributed by atoms with Crippen LogP contribution in [0.15, 0.2) is 30.3 Å². The Morgan fingerprint density at radius 3 is 2.64 bits per heavy atom. The second-order valence-electron chi connectivity index (χ2n) is 8.03. The first kappa shape index (κ1) is 21.2. The van der Waals surface area contributed by atoms with Crippen molar-refractivity contribution in [2.45, 2.75) is 31.9 Å². The van der Waals surface area contributed by atoms with Gasteiger partial charge in [0.2, 0.25) is 5.91 Å². The van der Waals surface area contributed by atoms with Crippen LogP contribution in [0.1, 0.15) is 30.7 Å². The van der Waals surface area contributed by atoms with Crippen molar-refractivity contribution in [3.8, 4) is 5.75 Å². The molecule has 4 heterocycles. The number of nitrogens with zero attached hydrogens (tertiary/aromatic N) is 5. The van der Waals surface area contributed by atoms with E-state index >= 15 is 0 Å². The first-order valence-corrected chi connectivity index (χ1v) is 10.5. The zero-order valence-corrected chi connectivity index (χ0v) is 17.3. The highest BCUT2D eigenvalue weighted by molar-refractivity contribution is 5.94. The summed E-state index contributed by atoms with van der Waals surface area (Å²) in [6, 6.07) is 8.16. The minimum Gasteiger partial charge on any atom is -0.426 e. The largest absolute Gasteiger partial charge is 0.453 e. The van der Waals surface area contributed by atoms with Crippen LogP contribution in [0.25, 0.3) is 5.65 Å². The number of alkyl halides is 3. The van der Waals surface area contributed by atoms with Gasteiger partial charge in [0.05, 0.1) is 5.92 Å². The summed E-state index contributed by atoms with van der Waals surface area (Å²) in [7, 11) is 0. The van der Waals surface area contributed by atoms with E-state index in [1.807, 2.05) is 4.90 Å². The van der Waals surface area contributed by atoms with Crippen LogP contribution in [-0.2, 0) is 22.2 Å². The van der Waals surface area contributed by atoms with E-state index in [1.165, 1.54) is 6.07 Å². The Morgan fingerprint density at radius 2 is 1.88 bits per heavy atom. The molecular formula is C21H19F3N6O3. The van der Waals surface area contributed by atoms with E-state index in [0.29, 0.717) is 54.9 Å². The molecule has 0 aliphatic carbocycles. The maximum atomic E-state index is 13.1. The zero-order valence-electron chi connectivity index (χ0n) is 17.3. The molecule has 33 heavy (non-hydrogen) atoms. The maximum Gasteiger partial charge on any atom is 0.453 e. The summed E-state index contributed by atoms with van der Waals surface area (Å²) in [5, 5.41) is 13.5. The van der Waals surface area contributed by atoms with Crippen LogP contribution in [0.3, 0.4) is 0 Å². The highest BCUT2D eigenvalue weighted by Gasteiger charge is 2.38. The molecule has 1 saturated heterocycles. The molecule has 1 fully saturated rings. The first-order chi connectivity index (χ1) is 15.8. The number of benzene rings is 1. The maximum absolute atomic E-state index is 13.1. The fourth-order valence-corrected chi connectivity index (χ4v) is 4.09. The summed E-state index contributed by atoms with van der Waals surface area (Å²) >= 11 is 0. The molecule has 0 radical (unpaired) electrons. The molecule has 1 N–H and O–H groups in total. The van der Waals surface area contributed by atoms with Gasteiger partial charge in [-0.25, -0.2) is 0 Å². The Kier molecular flexibility index (Phi) is 5.14. The quantitative estimate of drug-likeness (QED) is 0.474. The molecule has 0 bridgehead atoms. The molecule has 2 aromatic heterocycles. The zero-order chi connectivity index (χ0) is 23.2. The minimum absolute atomic E-state index is 0.00848. The van der Waals surface area contributed by atoms with Crippen LogP contribution in [0.4, 0.5) is 24.7 Å². The minimum atomic E-state index is -4.66. The molecule has 0 saturated carbocycles. The number of carbonyl (C=O) groups is 2. The summed E-state index contributed by atoms with van der Waals surface area (Å²) < 4.78 is 45.6. The lowest BCUT2D eigenvalue weighted by atomic mass is 9.97. The molecular weight excluding hydrogens is 441 g/mol. The van der Waals surface area contributed by atoms with Gasteiger partial charge >= 0.3 is 12.1 Å². The van der Waals surface area contributed by atoms with Gasteiger partial charge < -0.3 is 15.0 Å². The smallest absolute Gasteiger partial charge is 0.426 e. The molecule has 172 valence electrons. The van der Waals surface area contributed by atoms with Gasteiger partial charge in [-0.2, -0.15) is 17.7 Å². The number of esters is 1. The Hall–Kier alpha value is -3.70. The first-order valence-electron chi connectivity index (χ1n) is 10.5. The van der Waals surface area contributed by atoms with Crippen molar-refractivity contribution in [1.29, 1.82) is 0 Å². The summed E-state index contributed by atoms with van der Waals surface area (Å²) in [5.41, 5.74) is 1.66. The van der Waals surface area contributed by atoms with E-state index in [-0.39, 0.29) is 23.4 Å². The van der Waals surface area contributed by atoms with Gasteiger partial charge in [-0.15, -0.1) is 15.3 Å². The van der Waals surface area contributed by atoms with Crippen LogP contribution in [0.5, 0.6) is 5.75 Å². The van der Waals surface area contributed by atoms with Gasteiger partial charge in [-0.1, -0.05) is 0 Å². The fraction of sp³-hybridized carbons (Fsp3) is 0.381. The van der Waals surface area contributed by atoms with Gasteiger partial charge in [0.15, 0.2) is 5.65 Å². The van der Waals surface area contributed by atoms with E-state index in [2.05, 4.69) is 20.6 Å². The average Bonchev–Trinajstić information content (AvgIpc) is 3.23. The van der Waals surface area contributed by atoms with Crippen LogP contribution >= 0.6 is 0 Å². The SMILES string of the molecule is O=C1CCc2cc(OC(=O)C3CCN(c4ccc5nnc(C(F)(F)F)n5n4)CC3)ccc2N1. The predicted molar refractivity (Wildman–Crippen MR) is 110 cm³/mol. The number of hydrogen-bond donors (Lipinski definition) is 1.